The number of hydrogen-bond acceptors (Lipinski definition) is 4. The lowest BCUT2D eigenvalue weighted by molar-refractivity contribution is 0.0982. The summed E-state index contributed by atoms with van der Waals surface area (Å²) in [6, 6.07) is 22.8. The van der Waals surface area contributed by atoms with Crippen molar-refractivity contribution < 1.29 is 4.79 Å². The molecule has 0 spiro atoms. The van der Waals surface area contributed by atoms with Gasteiger partial charge in [-0.3, -0.25) is 14.2 Å². The van der Waals surface area contributed by atoms with Crippen molar-refractivity contribution in [1.29, 1.82) is 0 Å². The molecule has 0 atom stereocenters. The highest BCUT2D eigenvalue weighted by Gasteiger charge is 2.15. The summed E-state index contributed by atoms with van der Waals surface area (Å²) >= 11 is 1.52. The van der Waals surface area contributed by atoms with E-state index in [1.54, 1.807) is 4.57 Å². The van der Waals surface area contributed by atoms with Crippen molar-refractivity contribution in [2.75, 3.05) is 5.75 Å². The van der Waals surface area contributed by atoms with E-state index in [1.807, 2.05) is 86.6 Å². The van der Waals surface area contributed by atoms with Crippen molar-refractivity contribution in [1.82, 2.24) is 9.55 Å². The maximum Gasteiger partial charge on any atom is 0.266 e. The molecule has 0 saturated heterocycles. The smallest absolute Gasteiger partial charge is 0.266 e. The van der Waals surface area contributed by atoms with Gasteiger partial charge in [0.25, 0.3) is 5.56 Å². The van der Waals surface area contributed by atoms with Crippen LogP contribution >= 0.6 is 11.8 Å². The Bertz CT molecular complexity index is 1300. The summed E-state index contributed by atoms with van der Waals surface area (Å²) in [6.45, 7) is 4.07. The molecular weight excluding hydrogens is 404 g/mol. The van der Waals surface area contributed by atoms with Gasteiger partial charge >= 0.3 is 0 Å². The first-order valence-corrected chi connectivity index (χ1v) is 11.3. The summed E-state index contributed by atoms with van der Waals surface area (Å²) in [4.78, 5) is 30.6. The Balaban J connectivity index is 1.63. The van der Waals surface area contributed by atoms with E-state index in [4.69, 9.17) is 4.98 Å². The molecule has 0 unspecified atom stereocenters. The number of rotatable bonds is 7. The summed E-state index contributed by atoms with van der Waals surface area (Å²) in [5.41, 5.74) is 4.40. The van der Waals surface area contributed by atoms with E-state index in [-0.39, 0.29) is 11.3 Å². The van der Waals surface area contributed by atoms with Crippen LogP contribution in [-0.2, 0) is 0 Å². The van der Waals surface area contributed by atoms with Gasteiger partial charge in [0.15, 0.2) is 10.9 Å². The molecule has 1 heterocycles. The molecule has 0 radical (unpaired) electrons. The Morgan fingerprint density at radius 1 is 0.935 bits per heavy atom. The van der Waals surface area contributed by atoms with E-state index < -0.39 is 0 Å². The normalized spacial score (nSPS) is 11.0. The van der Waals surface area contributed by atoms with Gasteiger partial charge in [0.2, 0.25) is 0 Å². The molecule has 0 N–H and O–H groups in total. The highest BCUT2D eigenvalue weighted by atomic mass is 32.2. The number of aryl methyl sites for hydroxylation is 1. The van der Waals surface area contributed by atoms with Crippen LogP contribution in [0.15, 0.2) is 82.7 Å². The fraction of sp³-hybridized carbons (Fsp3) is 0.192. The van der Waals surface area contributed by atoms with E-state index in [0.717, 1.165) is 22.4 Å². The van der Waals surface area contributed by atoms with Crippen LogP contribution in [0.1, 0.15) is 34.3 Å². The molecule has 0 aliphatic rings. The monoisotopic (exact) mass is 428 g/mol. The number of nitrogens with zero attached hydrogens (tertiary/aromatic N) is 2. The van der Waals surface area contributed by atoms with Gasteiger partial charge in [-0.25, -0.2) is 4.98 Å². The van der Waals surface area contributed by atoms with Gasteiger partial charge in [-0.2, -0.15) is 0 Å². The lowest BCUT2D eigenvalue weighted by atomic mass is 10.1. The van der Waals surface area contributed by atoms with Gasteiger partial charge in [-0.15, -0.1) is 0 Å². The van der Waals surface area contributed by atoms with Crippen LogP contribution in [0.5, 0.6) is 0 Å². The van der Waals surface area contributed by atoms with Crippen molar-refractivity contribution in [3.8, 4) is 5.69 Å². The number of aromatic nitrogens is 2. The lowest BCUT2D eigenvalue weighted by Crippen LogP contribution is -2.22. The van der Waals surface area contributed by atoms with Crippen LogP contribution in [0.2, 0.25) is 0 Å². The van der Waals surface area contributed by atoms with Crippen LogP contribution in [-0.4, -0.2) is 21.1 Å². The second kappa shape index (κ2) is 9.31. The third-order valence-corrected chi connectivity index (χ3v) is 6.46. The zero-order valence-electron chi connectivity index (χ0n) is 17.7. The Hall–Kier alpha value is -3.18. The fourth-order valence-corrected chi connectivity index (χ4v) is 4.51. The minimum atomic E-state index is -0.0674. The maximum atomic E-state index is 13.4. The van der Waals surface area contributed by atoms with Crippen LogP contribution in [0, 0.1) is 13.8 Å². The molecule has 0 aliphatic carbocycles. The number of carbonyl (C=O) groups is 1. The molecule has 3 aromatic carbocycles. The van der Waals surface area contributed by atoms with E-state index in [1.165, 1.54) is 11.8 Å². The average molecular weight is 429 g/mol. The van der Waals surface area contributed by atoms with Crippen molar-refractivity contribution in [2.24, 2.45) is 0 Å². The highest BCUT2D eigenvalue weighted by molar-refractivity contribution is 7.99. The Morgan fingerprint density at radius 3 is 2.48 bits per heavy atom. The quantitative estimate of drug-likeness (QED) is 0.163. The molecule has 0 bridgehead atoms. The van der Waals surface area contributed by atoms with Gasteiger partial charge in [0.1, 0.15) is 0 Å². The summed E-state index contributed by atoms with van der Waals surface area (Å²) in [7, 11) is 0. The van der Waals surface area contributed by atoms with Crippen molar-refractivity contribution >= 4 is 28.4 Å². The first kappa shape index (κ1) is 21.1. The van der Waals surface area contributed by atoms with Gasteiger partial charge in [-0.05, 0) is 49.6 Å². The van der Waals surface area contributed by atoms with E-state index in [0.29, 0.717) is 34.7 Å². The summed E-state index contributed by atoms with van der Waals surface area (Å²) < 4.78 is 1.72. The van der Waals surface area contributed by atoms with Gasteiger partial charge in [0.05, 0.1) is 16.6 Å². The Kier molecular flexibility index (Phi) is 6.33. The summed E-state index contributed by atoms with van der Waals surface area (Å²) in [6.07, 6.45) is 1.19. The molecule has 4 nitrogen and oxygen atoms in total. The Labute approximate surface area is 186 Å². The second-order valence-electron chi connectivity index (χ2n) is 7.51. The predicted octanol–water partition coefficient (Wildman–Crippen LogP) is 5.76. The SMILES string of the molecule is Cc1cccc(-n2c(SCCCC(=O)c3ccccc3)nc3ccccc3c2=O)c1C. The van der Waals surface area contributed by atoms with E-state index in [2.05, 4.69) is 0 Å². The van der Waals surface area contributed by atoms with Gasteiger partial charge in [0, 0.05) is 17.7 Å². The van der Waals surface area contributed by atoms with Crippen LogP contribution in [0.25, 0.3) is 16.6 Å². The maximum absolute atomic E-state index is 13.4. The topological polar surface area (TPSA) is 52.0 Å². The van der Waals surface area contributed by atoms with Crippen LogP contribution < -0.4 is 5.56 Å². The number of ketones is 1. The van der Waals surface area contributed by atoms with Crippen LogP contribution in [0.4, 0.5) is 0 Å². The van der Waals surface area contributed by atoms with E-state index >= 15 is 0 Å². The molecule has 4 rings (SSSR count). The molecular formula is C26H24N2O2S. The molecule has 0 fully saturated rings. The summed E-state index contributed by atoms with van der Waals surface area (Å²) in [5, 5.41) is 1.26. The molecule has 0 amide bonds. The van der Waals surface area contributed by atoms with Crippen molar-refractivity contribution in [2.45, 2.75) is 31.8 Å². The van der Waals surface area contributed by atoms with E-state index in [9.17, 15) is 9.59 Å². The number of Topliss-reactive ketones (excluding diaryl/α,β-unsaturated/α-hetero) is 1. The molecule has 31 heavy (non-hydrogen) atoms. The zero-order valence-corrected chi connectivity index (χ0v) is 18.5. The summed E-state index contributed by atoms with van der Waals surface area (Å²) in [5.74, 6) is 0.841. The van der Waals surface area contributed by atoms with Crippen molar-refractivity contribution in [3.63, 3.8) is 0 Å². The molecule has 0 saturated carbocycles. The van der Waals surface area contributed by atoms with Gasteiger partial charge in [-0.1, -0.05) is 66.4 Å². The minimum Gasteiger partial charge on any atom is -0.294 e. The first-order valence-electron chi connectivity index (χ1n) is 10.4. The highest BCUT2D eigenvalue weighted by Crippen LogP contribution is 2.25. The molecule has 5 heteroatoms. The fourth-order valence-electron chi connectivity index (χ4n) is 3.56. The third-order valence-electron chi connectivity index (χ3n) is 5.44. The second-order valence-corrected chi connectivity index (χ2v) is 8.57. The first-order chi connectivity index (χ1) is 15.1. The lowest BCUT2D eigenvalue weighted by Gasteiger charge is -2.16. The van der Waals surface area contributed by atoms with Crippen LogP contribution in [0.3, 0.4) is 0 Å². The molecule has 156 valence electrons. The van der Waals surface area contributed by atoms with Gasteiger partial charge < -0.3 is 0 Å². The zero-order chi connectivity index (χ0) is 21.8. The third kappa shape index (κ3) is 4.47. The molecule has 1 aromatic heterocycles. The minimum absolute atomic E-state index is 0.0674. The van der Waals surface area contributed by atoms with Crippen molar-refractivity contribution in [3.05, 3.63) is 99.8 Å². The molecule has 4 aromatic rings. The Morgan fingerprint density at radius 2 is 1.68 bits per heavy atom. The number of hydrogen-bond donors (Lipinski definition) is 0. The number of benzene rings is 3. The number of para-hydroxylation sites is 1. The predicted molar refractivity (Wildman–Crippen MR) is 128 cm³/mol. The molecule has 0 aliphatic heterocycles. The number of thioether (sulfide) groups is 1. The average Bonchev–Trinajstić information content (AvgIpc) is 2.80. The standard InChI is InChI=1S/C26H24N2O2S/c1-18-10-8-15-23(19(18)2)28-25(30)21-13-6-7-14-22(21)27-26(28)31-17-9-16-24(29)20-11-4-3-5-12-20/h3-8,10-15H,9,16-17H2,1-2H3. The number of fused-ring (bicyclic) bond motifs is 1. The largest absolute Gasteiger partial charge is 0.294 e. The number of carbonyl (C=O) groups excluding carboxylic acids is 1.